The van der Waals surface area contributed by atoms with Crippen molar-refractivity contribution in [2.75, 3.05) is 5.43 Å². The smallest absolute Gasteiger partial charge is 0.270 e. The summed E-state index contributed by atoms with van der Waals surface area (Å²) in [6, 6.07) is 16.9. The number of anilines is 1. The summed E-state index contributed by atoms with van der Waals surface area (Å²) in [4.78, 5) is 19.3. The van der Waals surface area contributed by atoms with Crippen molar-refractivity contribution in [2.24, 2.45) is 5.10 Å². The standard InChI is InChI=1S/C23H19N7O/c1-15-11-16(2)21(30-10-6-9-26-30)18(12-15)14-25-29-23-27-20(17-7-4-3-5-8-17)19(13-24)22(31)28-23/h3-12,14H,1-2H3,(H2,27,28,29,31). The molecular formula is C23H19N7O. The lowest BCUT2D eigenvalue weighted by Crippen LogP contribution is -2.16. The van der Waals surface area contributed by atoms with Crippen molar-refractivity contribution in [1.82, 2.24) is 19.7 Å². The molecule has 0 spiro atoms. The Bertz CT molecular complexity index is 1350. The lowest BCUT2D eigenvalue weighted by molar-refractivity contribution is 0.870. The summed E-state index contributed by atoms with van der Waals surface area (Å²) in [5.74, 6) is 0.143. The quantitative estimate of drug-likeness (QED) is 0.387. The Morgan fingerprint density at radius 2 is 2.00 bits per heavy atom. The van der Waals surface area contributed by atoms with Gasteiger partial charge in [-0.25, -0.2) is 15.1 Å². The number of aromatic nitrogens is 4. The van der Waals surface area contributed by atoms with E-state index >= 15 is 0 Å². The molecular weight excluding hydrogens is 390 g/mol. The molecule has 31 heavy (non-hydrogen) atoms. The van der Waals surface area contributed by atoms with E-state index in [1.807, 2.05) is 56.4 Å². The summed E-state index contributed by atoms with van der Waals surface area (Å²) >= 11 is 0. The number of rotatable bonds is 5. The van der Waals surface area contributed by atoms with Gasteiger partial charge in [-0.05, 0) is 31.5 Å². The Morgan fingerprint density at radius 1 is 1.19 bits per heavy atom. The zero-order chi connectivity index (χ0) is 21.8. The summed E-state index contributed by atoms with van der Waals surface area (Å²) in [6.07, 6.45) is 5.24. The molecule has 0 aliphatic carbocycles. The molecule has 0 saturated heterocycles. The minimum Gasteiger partial charge on any atom is -0.290 e. The van der Waals surface area contributed by atoms with Gasteiger partial charge in [-0.3, -0.25) is 9.78 Å². The molecule has 0 atom stereocenters. The maximum absolute atomic E-state index is 12.4. The Morgan fingerprint density at radius 3 is 2.71 bits per heavy atom. The van der Waals surface area contributed by atoms with E-state index in [-0.39, 0.29) is 11.5 Å². The maximum Gasteiger partial charge on any atom is 0.270 e. The summed E-state index contributed by atoms with van der Waals surface area (Å²) in [6.45, 7) is 4.02. The van der Waals surface area contributed by atoms with Crippen LogP contribution in [0.2, 0.25) is 0 Å². The lowest BCUT2D eigenvalue weighted by Gasteiger charge is -2.11. The van der Waals surface area contributed by atoms with Crippen LogP contribution in [0.1, 0.15) is 22.3 Å². The van der Waals surface area contributed by atoms with E-state index in [0.717, 1.165) is 22.4 Å². The summed E-state index contributed by atoms with van der Waals surface area (Å²) in [7, 11) is 0. The highest BCUT2D eigenvalue weighted by Crippen LogP contribution is 2.21. The van der Waals surface area contributed by atoms with Crippen LogP contribution in [-0.4, -0.2) is 26.0 Å². The van der Waals surface area contributed by atoms with Gasteiger partial charge >= 0.3 is 0 Å². The molecule has 2 N–H and O–H groups in total. The molecule has 8 heteroatoms. The molecule has 2 aromatic heterocycles. The van der Waals surface area contributed by atoms with Gasteiger partial charge in [0.15, 0.2) is 0 Å². The average Bonchev–Trinajstić information content (AvgIpc) is 3.28. The molecule has 0 aliphatic rings. The third kappa shape index (κ3) is 4.11. The van der Waals surface area contributed by atoms with Crippen LogP contribution < -0.4 is 11.0 Å². The van der Waals surface area contributed by atoms with Crippen LogP contribution in [0, 0.1) is 25.2 Å². The normalized spacial score (nSPS) is 10.9. The third-order valence-corrected chi connectivity index (χ3v) is 4.66. The van der Waals surface area contributed by atoms with Crippen LogP contribution in [0.5, 0.6) is 0 Å². The third-order valence-electron chi connectivity index (χ3n) is 4.66. The molecule has 0 saturated carbocycles. The summed E-state index contributed by atoms with van der Waals surface area (Å²) in [5.41, 5.74) is 7.08. The second-order valence-electron chi connectivity index (χ2n) is 6.96. The van der Waals surface area contributed by atoms with Gasteiger partial charge in [-0.2, -0.15) is 15.5 Å². The zero-order valence-corrected chi connectivity index (χ0v) is 17.0. The van der Waals surface area contributed by atoms with Crippen LogP contribution in [0.4, 0.5) is 5.95 Å². The van der Waals surface area contributed by atoms with Gasteiger partial charge in [0.1, 0.15) is 11.6 Å². The first-order valence-electron chi connectivity index (χ1n) is 9.57. The molecule has 8 nitrogen and oxygen atoms in total. The second-order valence-corrected chi connectivity index (χ2v) is 6.96. The molecule has 2 heterocycles. The number of hydrogen-bond acceptors (Lipinski definition) is 6. The van der Waals surface area contributed by atoms with E-state index in [1.54, 1.807) is 29.2 Å². The minimum atomic E-state index is -0.530. The number of hydrazone groups is 1. The van der Waals surface area contributed by atoms with Crippen molar-refractivity contribution in [3.05, 3.63) is 93.5 Å². The van der Waals surface area contributed by atoms with Crippen LogP contribution >= 0.6 is 0 Å². The van der Waals surface area contributed by atoms with Crippen molar-refractivity contribution in [2.45, 2.75) is 13.8 Å². The summed E-state index contributed by atoms with van der Waals surface area (Å²) in [5, 5.41) is 18.0. The Labute approximate surface area is 178 Å². The molecule has 0 amide bonds. The molecule has 152 valence electrons. The van der Waals surface area contributed by atoms with Gasteiger partial charge in [-0.1, -0.05) is 42.0 Å². The molecule has 0 radical (unpaired) electrons. The van der Waals surface area contributed by atoms with Crippen molar-refractivity contribution < 1.29 is 0 Å². The predicted molar refractivity (Wildman–Crippen MR) is 119 cm³/mol. The van der Waals surface area contributed by atoms with Gasteiger partial charge < -0.3 is 0 Å². The second kappa shape index (κ2) is 8.47. The number of nitrogens with zero attached hydrogens (tertiary/aromatic N) is 5. The monoisotopic (exact) mass is 409 g/mol. The van der Waals surface area contributed by atoms with Gasteiger partial charge in [0.05, 0.1) is 17.6 Å². The van der Waals surface area contributed by atoms with Crippen LogP contribution in [0.15, 0.2) is 70.8 Å². The summed E-state index contributed by atoms with van der Waals surface area (Å²) < 4.78 is 1.78. The molecule has 0 bridgehead atoms. The highest BCUT2D eigenvalue weighted by Gasteiger charge is 2.13. The van der Waals surface area contributed by atoms with Gasteiger partial charge in [-0.15, -0.1) is 0 Å². The highest BCUT2D eigenvalue weighted by atomic mass is 16.1. The minimum absolute atomic E-state index is 0.0454. The number of nitriles is 1. The highest BCUT2D eigenvalue weighted by molar-refractivity contribution is 5.86. The first-order valence-corrected chi connectivity index (χ1v) is 9.57. The van der Waals surface area contributed by atoms with Gasteiger partial charge in [0, 0.05) is 23.5 Å². The SMILES string of the molecule is Cc1cc(C)c(-n2cccn2)c(C=NNc2nc(-c3ccccc3)c(C#N)c(=O)[nH]2)c1. The number of aryl methyl sites for hydroxylation is 2. The van der Waals surface area contributed by atoms with Crippen molar-refractivity contribution in [3.63, 3.8) is 0 Å². The van der Waals surface area contributed by atoms with Crippen molar-refractivity contribution in [1.29, 1.82) is 5.26 Å². The molecule has 0 aliphatic heterocycles. The van der Waals surface area contributed by atoms with E-state index in [1.165, 1.54) is 0 Å². The van der Waals surface area contributed by atoms with Crippen LogP contribution in [0.3, 0.4) is 0 Å². The van der Waals surface area contributed by atoms with Crippen LogP contribution in [0.25, 0.3) is 16.9 Å². The first kappa shape index (κ1) is 19.8. The van der Waals surface area contributed by atoms with Crippen LogP contribution in [-0.2, 0) is 0 Å². The lowest BCUT2D eigenvalue weighted by atomic mass is 10.0. The van der Waals surface area contributed by atoms with Gasteiger partial charge in [0.25, 0.3) is 5.56 Å². The molecule has 4 aromatic rings. The number of aromatic amines is 1. The van der Waals surface area contributed by atoms with E-state index in [0.29, 0.717) is 11.3 Å². The Kier molecular flexibility index (Phi) is 5.41. The molecule has 0 unspecified atom stereocenters. The topological polar surface area (TPSA) is 112 Å². The molecule has 0 fully saturated rings. The van der Waals surface area contributed by atoms with E-state index < -0.39 is 5.56 Å². The average molecular weight is 409 g/mol. The fourth-order valence-corrected chi connectivity index (χ4v) is 3.40. The first-order chi connectivity index (χ1) is 15.1. The van der Waals surface area contributed by atoms with E-state index in [9.17, 15) is 10.1 Å². The van der Waals surface area contributed by atoms with Crippen molar-refractivity contribution in [3.8, 4) is 23.0 Å². The van der Waals surface area contributed by atoms with E-state index in [4.69, 9.17) is 0 Å². The number of benzene rings is 2. The van der Waals surface area contributed by atoms with E-state index in [2.05, 4.69) is 31.7 Å². The fraction of sp³-hybridized carbons (Fsp3) is 0.0870. The maximum atomic E-state index is 12.4. The Hall–Kier alpha value is -4.51. The number of nitrogens with one attached hydrogen (secondary N) is 2. The molecule has 2 aromatic carbocycles. The zero-order valence-electron chi connectivity index (χ0n) is 17.0. The fourth-order valence-electron chi connectivity index (χ4n) is 3.40. The van der Waals surface area contributed by atoms with Crippen molar-refractivity contribution >= 4 is 12.2 Å². The van der Waals surface area contributed by atoms with Gasteiger partial charge in [0.2, 0.25) is 5.95 Å². The predicted octanol–water partition coefficient (Wildman–Crippen LogP) is 3.56. The number of hydrogen-bond donors (Lipinski definition) is 2. The Balaban J connectivity index is 1.69. The number of H-pyrrole nitrogens is 1. The largest absolute Gasteiger partial charge is 0.290 e. The molecule has 4 rings (SSSR count).